The van der Waals surface area contributed by atoms with E-state index in [0.717, 1.165) is 10.0 Å². The zero-order chi connectivity index (χ0) is 13.8. The Balaban J connectivity index is 2.01. The molecular formula is C13H11BrClN3O. The van der Waals surface area contributed by atoms with Crippen LogP contribution < -0.4 is 10.6 Å². The number of amides is 2. The first-order chi connectivity index (χ1) is 9.04. The standard InChI is InChI=1S/C13H11BrClN3O/c1-8-6-12(16-7-11(8)14)18-13(19)17-10-4-2-9(15)3-5-10/h2-7H,1H3,(H2,16,17,18,19). The Morgan fingerprint density at radius 3 is 2.58 bits per heavy atom. The van der Waals surface area contributed by atoms with Gasteiger partial charge < -0.3 is 5.32 Å². The summed E-state index contributed by atoms with van der Waals surface area (Å²) in [6.45, 7) is 1.92. The Morgan fingerprint density at radius 2 is 1.95 bits per heavy atom. The molecule has 0 spiro atoms. The van der Waals surface area contributed by atoms with Gasteiger partial charge in [-0.15, -0.1) is 0 Å². The molecule has 0 unspecified atom stereocenters. The zero-order valence-corrected chi connectivity index (χ0v) is 12.4. The molecule has 0 bridgehead atoms. The van der Waals surface area contributed by atoms with Crippen LogP contribution in [0.25, 0.3) is 0 Å². The van der Waals surface area contributed by atoms with Crippen LogP contribution in [0.5, 0.6) is 0 Å². The van der Waals surface area contributed by atoms with E-state index >= 15 is 0 Å². The lowest BCUT2D eigenvalue weighted by Gasteiger charge is -2.08. The lowest BCUT2D eigenvalue weighted by atomic mass is 10.3. The second-order valence-electron chi connectivity index (χ2n) is 3.90. The highest BCUT2D eigenvalue weighted by molar-refractivity contribution is 9.10. The zero-order valence-electron chi connectivity index (χ0n) is 10.1. The van der Waals surface area contributed by atoms with Crippen LogP contribution in [0.1, 0.15) is 5.56 Å². The van der Waals surface area contributed by atoms with Gasteiger partial charge in [-0.05, 0) is 58.7 Å². The summed E-state index contributed by atoms with van der Waals surface area (Å²) in [5, 5.41) is 5.97. The van der Waals surface area contributed by atoms with Crippen LogP contribution in [0.15, 0.2) is 41.0 Å². The van der Waals surface area contributed by atoms with Crippen molar-refractivity contribution in [1.82, 2.24) is 4.98 Å². The molecule has 6 heteroatoms. The number of halogens is 2. The van der Waals surface area contributed by atoms with Crippen LogP contribution in [0.2, 0.25) is 5.02 Å². The first-order valence-electron chi connectivity index (χ1n) is 5.50. The summed E-state index contributed by atoms with van der Waals surface area (Å²) >= 11 is 9.12. The van der Waals surface area contributed by atoms with Gasteiger partial charge in [-0.2, -0.15) is 0 Å². The summed E-state index contributed by atoms with van der Waals surface area (Å²) in [5.74, 6) is 0.493. The summed E-state index contributed by atoms with van der Waals surface area (Å²) in [6.07, 6.45) is 1.65. The van der Waals surface area contributed by atoms with Gasteiger partial charge in [-0.25, -0.2) is 9.78 Å². The van der Waals surface area contributed by atoms with E-state index in [2.05, 4.69) is 31.5 Å². The minimum absolute atomic E-state index is 0.350. The van der Waals surface area contributed by atoms with Gasteiger partial charge >= 0.3 is 6.03 Å². The molecule has 0 aliphatic rings. The molecule has 1 aromatic carbocycles. The fourth-order valence-electron chi connectivity index (χ4n) is 1.42. The summed E-state index contributed by atoms with van der Waals surface area (Å²) in [4.78, 5) is 15.9. The Hall–Kier alpha value is -1.59. The fraction of sp³-hybridized carbons (Fsp3) is 0.0769. The number of urea groups is 1. The van der Waals surface area contributed by atoms with Crippen LogP contribution in [-0.2, 0) is 0 Å². The maximum atomic E-state index is 11.8. The molecule has 1 aromatic heterocycles. The molecule has 0 atom stereocenters. The molecule has 2 N–H and O–H groups in total. The molecule has 0 aliphatic carbocycles. The third kappa shape index (κ3) is 3.94. The number of aromatic nitrogens is 1. The van der Waals surface area contributed by atoms with Crippen LogP contribution in [0.3, 0.4) is 0 Å². The van der Waals surface area contributed by atoms with Crippen molar-refractivity contribution >= 4 is 45.1 Å². The molecule has 19 heavy (non-hydrogen) atoms. The quantitative estimate of drug-likeness (QED) is 0.848. The van der Waals surface area contributed by atoms with Gasteiger partial charge in [-0.1, -0.05) is 11.6 Å². The molecule has 1 heterocycles. The Labute approximate surface area is 124 Å². The maximum absolute atomic E-state index is 11.8. The average molecular weight is 341 g/mol. The summed E-state index contributed by atoms with van der Waals surface area (Å²) in [5.41, 5.74) is 1.66. The molecule has 0 saturated heterocycles. The number of carbonyl (C=O) groups is 1. The van der Waals surface area contributed by atoms with E-state index in [0.29, 0.717) is 16.5 Å². The van der Waals surface area contributed by atoms with Crippen molar-refractivity contribution in [3.05, 3.63) is 51.6 Å². The van der Waals surface area contributed by atoms with Crippen LogP contribution in [0, 0.1) is 6.92 Å². The van der Waals surface area contributed by atoms with Crippen molar-refractivity contribution < 1.29 is 4.79 Å². The van der Waals surface area contributed by atoms with Crippen LogP contribution >= 0.6 is 27.5 Å². The van der Waals surface area contributed by atoms with Gasteiger partial charge in [0.25, 0.3) is 0 Å². The van der Waals surface area contributed by atoms with Crippen LogP contribution in [0.4, 0.5) is 16.3 Å². The summed E-state index contributed by atoms with van der Waals surface area (Å²) in [7, 11) is 0. The number of aryl methyl sites for hydroxylation is 1. The van der Waals surface area contributed by atoms with Crippen molar-refractivity contribution in [3.8, 4) is 0 Å². The molecule has 2 amide bonds. The van der Waals surface area contributed by atoms with E-state index in [-0.39, 0.29) is 6.03 Å². The van der Waals surface area contributed by atoms with Crippen LogP contribution in [-0.4, -0.2) is 11.0 Å². The van der Waals surface area contributed by atoms with E-state index in [4.69, 9.17) is 11.6 Å². The predicted molar refractivity (Wildman–Crippen MR) is 80.8 cm³/mol. The smallest absolute Gasteiger partial charge is 0.308 e. The largest absolute Gasteiger partial charge is 0.324 e. The lowest BCUT2D eigenvalue weighted by molar-refractivity contribution is 0.262. The van der Waals surface area contributed by atoms with Gasteiger partial charge in [0.2, 0.25) is 0 Å². The highest BCUT2D eigenvalue weighted by Crippen LogP contribution is 2.18. The number of anilines is 2. The Bertz CT molecular complexity index is 601. The van der Waals surface area contributed by atoms with Crippen molar-refractivity contribution in [2.24, 2.45) is 0 Å². The molecule has 0 saturated carbocycles. The lowest BCUT2D eigenvalue weighted by Crippen LogP contribution is -2.20. The monoisotopic (exact) mass is 339 g/mol. The number of nitrogens with one attached hydrogen (secondary N) is 2. The molecule has 98 valence electrons. The molecule has 2 rings (SSSR count). The van der Waals surface area contributed by atoms with Gasteiger partial charge in [0.1, 0.15) is 5.82 Å². The molecule has 2 aromatic rings. The highest BCUT2D eigenvalue weighted by Gasteiger charge is 2.05. The minimum atomic E-state index is -0.350. The van der Waals surface area contributed by atoms with Crippen molar-refractivity contribution in [2.45, 2.75) is 6.92 Å². The first-order valence-corrected chi connectivity index (χ1v) is 6.67. The second kappa shape index (κ2) is 6.04. The number of nitrogens with zero attached hydrogens (tertiary/aromatic N) is 1. The minimum Gasteiger partial charge on any atom is -0.308 e. The van der Waals surface area contributed by atoms with Gasteiger partial charge in [0.05, 0.1) is 0 Å². The second-order valence-corrected chi connectivity index (χ2v) is 5.20. The predicted octanol–water partition coefficient (Wildman–Crippen LogP) is 4.45. The number of hydrogen-bond acceptors (Lipinski definition) is 2. The van der Waals surface area contributed by atoms with Crippen molar-refractivity contribution in [1.29, 1.82) is 0 Å². The molecular weight excluding hydrogens is 330 g/mol. The Kier molecular flexibility index (Phi) is 4.39. The molecule has 0 radical (unpaired) electrons. The topological polar surface area (TPSA) is 54.0 Å². The van der Waals surface area contributed by atoms with E-state index in [9.17, 15) is 4.79 Å². The summed E-state index contributed by atoms with van der Waals surface area (Å²) < 4.78 is 0.899. The molecule has 4 nitrogen and oxygen atoms in total. The maximum Gasteiger partial charge on any atom is 0.324 e. The Morgan fingerprint density at radius 1 is 1.26 bits per heavy atom. The van der Waals surface area contributed by atoms with E-state index in [1.54, 1.807) is 36.5 Å². The van der Waals surface area contributed by atoms with Gasteiger partial charge in [0.15, 0.2) is 0 Å². The van der Waals surface area contributed by atoms with E-state index in [1.807, 2.05) is 6.92 Å². The number of carbonyl (C=O) groups excluding carboxylic acids is 1. The number of benzene rings is 1. The third-order valence-electron chi connectivity index (χ3n) is 2.39. The average Bonchev–Trinajstić information content (AvgIpc) is 2.37. The number of pyridine rings is 1. The molecule has 0 fully saturated rings. The van der Waals surface area contributed by atoms with E-state index < -0.39 is 0 Å². The first kappa shape index (κ1) is 13.8. The summed E-state index contributed by atoms with van der Waals surface area (Å²) in [6, 6.07) is 8.30. The van der Waals surface area contributed by atoms with Crippen molar-refractivity contribution in [3.63, 3.8) is 0 Å². The normalized spacial score (nSPS) is 10.1. The highest BCUT2D eigenvalue weighted by atomic mass is 79.9. The SMILES string of the molecule is Cc1cc(NC(=O)Nc2ccc(Cl)cc2)ncc1Br. The van der Waals surface area contributed by atoms with Gasteiger partial charge in [0, 0.05) is 21.4 Å². The van der Waals surface area contributed by atoms with Gasteiger partial charge in [-0.3, -0.25) is 5.32 Å². The third-order valence-corrected chi connectivity index (χ3v) is 3.47. The fourth-order valence-corrected chi connectivity index (χ4v) is 1.76. The number of hydrogen-bond donors (Lipinski definition) is 2. The number of rotatable bonds is 2. The molecule has 0 aliphatic heterocycles. The van der Waals surface area contributed by atoms with Crippen molar-refractivity contribution in [2.75, 3.05) is 10.6 Å². The van der Waals surface area contributed by atoms with E-state index in [1.165, 1.54) is 0 Å².